The van der Waals surface area contributed by atoms with E-state index in [2.05, 4.69) is 24.1 Å². The summed E-state index contributed by atoms with van der Waals surface area (Å²) in [7, 11) is 0. The Bertz CT molecular complexity index is 563. The Hall–Kier alpha value is -1.33. The summed E-state index contributed by atoms with van der Waals surface area (Å²) in [4.78, 5) is 4.48. The van der Waals surface area contributed by atoms with Crippen LogP contribution in [-0.4, -0.2) is 22.2 Å². The van der Waals surface area contributed by atoms with E-state index in [0.29, 0.717) is 12.5 Å². The summed E-state index contributed by atoms with van der Waals surface area (Å²) in [5.74, 6) is 0.465. The van der Waals surface area contributed by atoms with Gasteiger partial charge in [0.2, 0.25) is 0 Å². The quantitative estimate of drug-likeness (QED) is 0.736. The maximum Gasteiger partial charge on any atom is 0.183 e. The molecule has 1 unspecified atom stereocenters. The average molecular weight is 279 g/mol. The lowest BCUT2D eigenvalue weighted by Crippen LogP contribution is -2.34. The molecule has 0 bridgehead atoms. The van der Waals surface area contributed by atoms with Crippen molar-refractivity contribution in [1.82, 2.24) is 4.98 Å². The lowest BCUT2D eigenvalue weighted by atomic mass is 9.94. The van der Waals surface area contributed by atoms with E-state index in [1.54, 1.807) is 11.3 Å². The molecule has 0 spiro atoms. The smallest absolute Gasteiger partial charge is 0.183 e. The van der Waals surface area contributed by atoms with Gasteiger partial charge in [-0.3, -0.25) is 0 Å². The number of hydrogen-bond acceptors (Lipinski definition) is 5. The number of nitrogens with zero attached hydrogens (tertiary/aromatic N) is 1. The maximum atomic E-state index is 10.3. The standard InChI is InChI=1S/C14H21N3OS/c1-9(2)7-14(3,18)8-16-13-17-11-5-4-10(15)6-12(11)19-13/h4-6,9,18H,7-8,15H2,1-3H3,(H,16,17). The van der Waals surface area contributed by atoms with Crippen LogP contribution in [0.15, 0.2) is 18.2 Å². The van der Waals surface area contributed by atoms with E-state index in [9.17, 15) is 5.11 Å². The van der Waals surface area contributed by atoms with E-state index < -0.39 is 5.60 Å². The molecule has 0 fully saturated rings. The molecule has 2 rings (SSSR count). The molecule has 19 heavy (non-hydrogen) atoms. The highest BCUT2D eigenvalue weighted by Crippen LogP contribution is 2.28. The summed E-state index contributed by atoms with van der Waals surface area (Å²) in [6.07, 6.45) is 0.762. The van der Waals surface area contributed by atoms with Gasteiger partial charge in [0.1, 0.15) is 0 Å². The zero-order valence-corrected chi connectivity index (χ0v) is 12.4. The van der Waals surface area contributed by atoms with Crippen molar-refractivity contribution in [3.8, 4) is 0 Å². The van der Waals surface area contributed by atoms with Crippen LogP contribution < -0.4 is 11.1 Å². The lowest BCUT2D eigenvalue weighted by molar-refractivity contribution is 0.0515. The van der Waals surface area contributed by atoms with E-state index in [0.717, 1.165) is 27.5 Å². The number of hydrogen-bond donors (Lipinski definition) is 3. The predicted octanol–water partition coefficient (Wildman–Crippen LogP) is 3.09. The number of rotatable bonds is 5. The summed E-state index contributed by atoms with van der Waals surface area (Å²) in [6.45, 7) is 6.57. The number of nitrogens with two attached hydrogens (primary N) is 1. The van der Waals surface area contributed by atoms with Crippen molar-refractivity contribution < 1.29 is 5.11 Å². The van der Waals surface area contributed by atoms with Gasteiger partial charge in [0.15, 0.2) is 5.13 Å². The molecule has 0 aliphatic carbocycles. The van der Waals surface area contributed by atoms with E-state index in [1.165, 1.54) is 0 Å². The van der Waals surface area contributed by atoms with Crippen LogP contribution in [0.25, 0.3) is 10.2 Å². The first-order valence-corrected chi connectivity index (χ1v) is 7.30. The topological polar surface area (TPSA) is 71.2 Å². The van der Waals surface area contributed by atoms with Gasteiger partial charge in [0.25, 0.3) is 0 Å². The monoisotopic (exact) mass is 279 g/mol. The molecule has 0 amide bonds. The number of anilines is 2. The Morgan fingerprint density at radius 2 is 2.21 bits per heavy atom. The van der Waals surface area contributed by atoms with Gasteiger partial charge in [0, 0.05) is 12.2 Å². The molecule has 0 aliphatic heterocycles. The summed E-state index contributed by atoms with van der Waals surface area (Å²) >= 11 is 1.56. The highest BCUT2D eigenvalue weighted by Gasteiger charge is 2.22. The zero-order chi connectivity index (χ0) is 14.0. The van der Waals surface area contributed by atoms with Gasteiger partial charge in [-0.25, -0.2) is 4.98 Å². The molecule has 0 saturated heterocycles. The molecule has 1 aromatic heterocycles. The zero-order valence-electron chi connectivity index (χ0n) is 11.6. The first-order chi connectivity index (χ1) is 8.85. The predicted molar refractivity (Wildman–Crippen MR) is 82.6 cm³/mol. The molecule has 0 saturated carbocycles. The summed E-state index contributed by atoms with van der Waals surface area (Å²) in [5.41, 5.74) is 6.71. The van der Waals surface area contributed by atoms with Crippen LogP contribution in [0, 0.1) is 5.92 Å². The third kappa shape index (κ3) is 3.81. The first-order valence-electron chi connectivity index (χ1n) is 6.48. The second-order valence-electron chi connectivity index (χ2n) is 5.69. The number of nitrogens with one attached hydrogen (secondary N) is 1. The van der Waals surface area contributed by atoms with Gasteiger partial charge in [-0.15, -0.1) is 0 Å². The van der Waals surface area contributed by atoms with Crippen LogP contribution in [-0.2, 0) is 0 Å². The van der Waals surface area contributed by atoms with Crippen molar-refractivity contribution in [1.29, 1.82) is 0 Å². The molecule has 104 valence electrons. The molecular weight excluding hydrogens is 258 g/mol. The number of nitrogen functional groups attached to an aromatic ring is 1. The van der Waals surface area contributed by atoms with Crippen LogP contribution in [0.5, 0.6) is 0 Å². The minimum Gasteiger partial charge on any atom is -0.399 e. The molecule has 4 nitrogen and oxygen atoms in total. The van der Waals surface area contributed by atoms with E-state index >= 15 is 0 Å². The van der Waals surface area contributed by atoms with Gasteiger partial charge >= 0.3 is 0 Å². The second-order valence-corrected chi connectivity index (χ2v) is 6.73. The number of benzene rings is 1. The van der Waals surface area contributed by atoms with Crippen molar-refractivity contribution >= 4 is 32.4 Å². The molecule has 1 aromatic carbocycles. The van der Waals surface area contributed by atoms with E-state index in [-0.39, 0.29) is 0 Å². The Morgan fingerprint density at radius 1 is 1.47 bits per heavy atom. The van der Waals surface area contributed by atoms with Crippen molar-refractivity contribution in [3.63, 3.8) is 0 Å². The van der Waals surface area contributed by atoms with Crippen molar-refractivity contribution in [2.24, 2.45) is 5.92 Å². The molecule has 4 N–H and O–H groups in total. The minimum absolute atomic E-state index is 0.465. The fourth-order valence-corrected chi connectivity index (χ4v) is 3.14. The van der Waals surface area contributed by atoms with Gasteiger partial charge in [0.05, 0.1) is 15.8 Å². The summed E-state index contributed by atoms with van der Waals surface area (Å²) in [5, 5.41) is 14.3. The molecule has 1 atom stereocenters. The number of aromatic nitrogens is 1. The number of thiazole rings is 1. The first kappa shape index (κ1) is 14.1. The van der Waals surface area contributed by atoms with Crippen molar-refractivity contribution in [2.75, 3.05) is 17.6 Å². The van der Waals surface area contributed by atoms with Gasteiger partial charge in [-0.1, -0.05) is 25.2 Å². The van der Waals surface area contributed by atoms with Crippen molar-refractivity contribution in [2.45, 2.75) is 32.8 Å². The highest BCUT2D eigenvalue weighted by molar-refractivity contribution is 7.22. The molecular formula is C14H21N3OS. The van der Waals surface area contributed by atoms with Crippen LogP contribution in [0.1, 0.15) is 27.2 Å². The molecule has 2 aromatic rings. The normalized spacial score (nSPS) is 14.8. The Balaban J connectivity index is 2.05. The maximum absolute atomic E-state index is 10.3. The highest BCUT2D eigenvalue weighted by atomic mass is 32.1. The van der Waals surface area contributed by atoms with Gasteiger partial charge < -0.3 is 16.2 Å². The Labute approximate surface area is 117 Å². The largest absolute Gasteiger partial charge is 0.399 e. The van der Waals surface area contributed by atoms with Gasteiger partial charge in [-0.05, 0) is 37.5 Å². The fraction of sp³-hybridized carbons (Fsp3) is 0.500. The third-order valence-corrected chi connectivity index (χ3v) is 3.86. The Morgan fingerprint density at radius 3 is 2.89 bits per heavy atom. The van der Waals surface area contributed by atoms with Crippen LogP contribution >= 0.6 is 11.3 Å². The summed E-state index contributed by atoms with van der Waals surface area (Å²) < 4.78 is 1.06. The number of aliphatic hydroxyl groups is 1. The van der Waals surface area contributed by atoms with Crippen LogP contribution in [0.2, 0.25) is 0 Å². The van der Waals surface area contributed by atoms with Crippen molar-refractivity contribution in [3.05, 3.63) is 18.2 Å². The molecule has 1 heterocycles. The number of fused-ring (bicyclic) bond motifs is 1. The molecule has 0 radical (unpaired) electrons. The molecule has 0 aliphatic rings. The fourth-order valence-electron chi connectivity index (χ4n) is 2.23. The van der Waals surface area contributed by atoms with Gasteiger partial charge in [-0.2, -0.15) is 0 Å². The van der Waals surface area contributed by atoms with E-state index in [4.69, 9.17) is 5.73 Å². The van der Waals surface area contributed by atoms with E-state index in [1.807, 2.05) is 25.1 Å². The average Bonchev–Trinajstić information content (AvgIpc) is 2.66. The minimum atomic E-state index is -0.717. The van der Waals surface area contributed by atoms with Crippen LogP contribution in [0.3, 0.4) is 0 Å². The summed E-state index contributed by atoms with van der Waals surface area (Å²) in [6, 6.07) is 5.68. The second kappa shape index (κ2) is 5.35. The Kier molecular flexibility index (Phi) is 3.96. The SMILES string of the molecule is CC(C)CC(C)(O)CNc1nc2ccc(N)cc2s1. The van der Waals surface area contributed by atoms with Crippen LogP contribution in [0.4, 0.5) is 10.8 Å². The third-order valence-electron chi connectivity index (χ3n) is 2.88. The lowest BCUT2D eigenvalue weighted by Gasteiger charge is -2.25. The molecule has 5 heteroatoms.